The first-order valence-electron chi connectivity index (χ1n) is 8.47. The molecule has 0 spiro atoms. The summed E-state index contributed by atoms with van der Waals surface area (Å²) in [6.07, 6.45) is 1.83. The predicted octanol–water partition coefficient (Wildman–Crippen LogP) is 6.08. The summed E-state index contributed by atoms with van der Waals surface area (Å²) < 4.78 is -0.393. The van der Waals surface area contributed by atoms with Crippen molar-refractivity contribution in [2.24, 2.45) is 5.16 Å². The van der Waals surface area contributed by atoms with Crippen molar-refractivity contribution >= 4 is 17.5 Å². The third-order valence-corrected chi connectivity index (χ3v) is 5.59. The molecule has 0 bridgehead atoms. The van der Waals surface area contributed by atoms with E-state index in [4.69, 9.17) is 5.21 Å². The van der Waals surface area contributed by atoms with Crippen LogP contribution in [0.15, 0.2) is 108 Å². The highest BCUT2D eigenvalue weighted by Crippen LogP contribution is 2.48. The summed E-state index contributed by atoms with van der Waals surface area (Å²) in [6, 6.07) is 31.5. The fraction of sp³-hybridized carbons (Fsp3) is 0.0870. The lowest BCUT2D eigenvalue weighted by Gasteiger charge is -2.34. The topological polar surface area (TPSA) is 32.6 Å². The second-order valence-electron chi connectivity index (χ2n) is 5.94. The number of hydrogen-bond donors (Lipinski definition) is 1. The fourth-order valence-electron chi connectivity index (χ4n) is 2.99. The second kappa shape index (κ2) is 8.54. The molecule has 0 radical (unpaired) electrons. The average Bonchev–Trinajstić information content (AvgIpc) is 2.73. The molecule has 0 atom stereocenters. The minimum atomic E-state index is -0.393. The summed E-state index contributed by atoms with van der Waals surface area (Å²) in [6.45, 7) is 1.77. The Balaban J connectivity index is 2.23. The van der Waals surface area contributed by atoms with Gasteiger partial charge in [-0.05, 0) is 35.1 Å². The van der Waals surface area contributed by atoms with Gasteiger partial charge >= 0.3 is 0 Å². The number of oxime groups is 1. The molecule has 1 N–H and O–H groups in total. The fourth-order valence-corrected chi connectivity index (χ4v) is 4.28. The molecular formula is C23H21NOS. The van der Waals surface area contributed by atoms with Crippen LogP contribution in [-0.4, -0.2) is 10.9 Å². The third-order valence-electron chi connectivity index (χ3n) is 4.25. The Kier molecular flexibility index (Phi) is 5.92. The van der Waals surface area contributed by atoms with E-state index < -0.39 is 4.75 Å². The van der Waals surface area contributed by atoms with Gasteiger partial charge in [-0.2, -0.15) is 0 Å². The zero-order valence-corrected chi connectivity index (χ0v) is 15.4. The molecule has 0 heterocycles. The summed E-state index contributed by atoms with van der Waals surface area (Å²) in [7, 11) is 0. The first kappa shape index (κ1) is 18.0. The molecule has 0 saturated heterocycles. The van der Waals surface area contributed by atoms with Crippen molar-refractivity contribution in [3.8, 4) is 0 Å². The molecule has 0 saturated carbocycles. The summed E-state index contributed by atoms with van der Waals surface area (Å²) in [4.78, 5) is 0. The minimum absolute atomic E-state index is 0.393. The Labute approximate surface area is 158 Å². The van der Waals surface area contributed by atoms with Gasteiger partial charge in [0.2, 0.25) is 0 Å². The van der Waals surface area contributed by atoms with Gasteiger partial charge in [0.15, 0.2) is 0 Å². The maximum absolute atomic E-state index is 8.94. The first-order valence-corrected chi connectivity index (χ1v) is 9.35. The molecule has 3 rings (SSSR count). The van der Waals surface area contributed by atoms with E-state index in [-0.39, 0.29) is 0 Å². The van der Waals surface area contributed by atoms with Crippen LogP contribution in [0.4, 0.5) is 0 Å². The number of nitrogens with zero attached hydrogens (tertiary/aromatic N) is 1. The Hall–Kier alpha value is -2.78. The zero-order chi connectivity index (χ0) is 18.2. The standard InChI is InChI=1S/C23H21NOS/c1-19(24-25)17-18-26-23(20-11-5-2-6-12-20,21-13-7-3-8-14-21)22-15-9-4-10-16-22/h2-18,25H,1H3/b18-17+,24-19+. The largest absolute Gasteiger partial charge is 0.411 e. The van der Waals surface area contributed by atoms with Crippen LogP contribution in [0.2, 0.25) is 0 Å². The van der Waals surface area contributed by atoms with Gasteiger partial charge in [-0.3, -0.25) is 0 Å². The van der Waals surface area contributed by atoms with Crippen molar-refractivity contribution in [2.75, 3.05) is 0 Å². The van der Waals surface area contributed by atoms with Crippen molar-refractivity contribution in [1.29, 1.82) is 0 Å². The number of hydrogen-bond acceptors (Lipinski definition) is 3. The Bertz CT molecular complexity index is 777. The summed E-state index contributed by atoms with van der Waals surface area (Å²) in [5.74, 6) is 0. The predicted molar refractivity (Wildman–Crippen MR) is 111 cm³/mol. The molecule has 0 aromatic heterocycles. The van der Waals surface area contributed by atoms with E-state index in [1.54, 1.807) is 18.7 Å². The number of thioether (sulfide) groups is 1. The molecule has 3 aromatic rings. The van der Waals surface area contributed by atoms with E-state index in [2.05, 4.69) is 78.0 Å². The summed E-state index contributed by atoms with van der Waals surface area (Å²) in [5, 5.41) is 14.2. The van der Waals surface area contributed by atoms with E-state index in [1.165, 1.54) is 16.7 Å². The molecule has 2 nitrogen and oxygen atoms in total. The van der Waals surface area contributed by atoms with Crippen LogP contribution in [0.3, 0.4) is 0 Å². The van der Waals surface area contributed by atoms with Gasteiger partial charge in [0.05, 0.1) is 10.5 Å². The van der Waals surface area contributed by atoms with E-state index in [0.717, 1.165) is 0 Å². The molecule has 0 aliphatic rings. The maximum atomic E-state index is 8.94. The maximum Gasteiger partial charge on any atom is 0.0948 e. The summed E-state index contributed by atoms with van der Waals surface area (Å²) in [5.41, 5.74) is 4.17. The number of rotatable bonds is 6. The van der Waals surface area contributed by atoms with Crippen LogP contribution in [0.1, 0.15) is 23.6 Å². The molecule has 3 aromatic carbocycles. The highest BCUT2D eigenvalue weighted by Gasteiger charge is 2.36. The van der Waals surface area contributed by atoms with E-state index >= 15 is 0 Å². The molecule has 130 valence electrons. The molecular weight excluding hydrogens is 338 g/mol. The third kappa shape index (κ3) is 3.73. The normalized spacial score (nSPS) is 12.4. The van der Waals surface area contributed by atoms with Crippen molar-refractivity contribution in [2.45, 2.75) is 11.7 Å². The lowest BCUT2D eigenvalue weighted by molar-refractivity contribution is 0.319. The Morgan fingerprint density at radius 3 is 1.50 bits per heavy atom. The van der Waals surface area contributed by atoms with E-state index in [1.807, 2.05) is 29.7 Å². The smallest absolute Gasteiger partial charge is 0.0948 e. The van der Waals surface area contributed by atoms with Crippen molar-refractivity contribution < 1.29 is 5.21 Å². The van der Waals surface area contributed by atoms with Crippen LogP contribution in [0.25, 0.3) is 0 Å². The van der Waals surface area contributed by atoms with Crippen LogP contribution in [-0.2, 0) is 4.75 Å². The summed E-state index contributed by atoms with van der Waals surface area (Å²) >= 11 is 1.70. The molecule has 0 aliphatic heterocycles. The quantitative estimate of drug-likeness (QED) is 0.250. The monoisotopic (exact) mass is 359 g/mol. The van der Waals surface area contributed by atoms with Crippen molar-refractivity contribution in [3.63, 3.8) is 0 Å². The molecule has 0 amide bonds. The molecule has 26 heavy (non-hydrogen) atoms. The van der Waals surface area contributed by atoms with E-state index in [0.29, 0.717) is 5.71 Å². The lowest BCUT2D eigenvalue weighted by atomic mass is 9.84. The second-order valence-corrected chi connectivity index (χ2v) is 7.06. The van der Waals surface area contributed by atoms with Crippen molar-refractivity contribution in [3.05, 3.63) is 119 Å². The molecule has 0 fully saturated rings. The molecule has 3 heteroatoms. The molecule has 0 unspecified atom stereocenters. The highest BCUT2D eigenvalue weighted by atomic mass is 32.2. The highest BCUT2D eigenvalue weighted by molar-refractivity contribution is 8.03. The average molecular weight is 359 g/mol. The van der Waals surface area contributed by atoms with Crippen molar-refractivity contribution in [1.82, 2.24) is 0 Å². The Morgan fingerprint density at radius 2 is 1.15 bits per heavy atom. The van der Waals surface area contributed by atoms with Crippen LogP contribution < -0.4 is 0 Å². The Morgan fingerprint density at radius 1 is 0.769 bits per heavy atom. The van der Waals surface area contributed by atoms with Gasteiger partial charge in [-0.15, -0.1) is 11.8 Å². The number of allylic oxidation sites excluding steroid dienone is 1. The van der Waals surface area contributed by atoms with E-state index in [9.17, 15) is 0 Å². The van der Waals surface area contributed by atoms with Gasteiger partial charge in [0, 0.05) is 0 Å². The van der Waals surface area contributed by atoms with Gasteiger partial charge in [0.25, 0.3) is 0 Å². The van der Waals surface area contributed by atoms with Gasteiger partial charge in [0.1, 0.15) is 0 Å². The minimum Gasteiger partial charge on any atom is -0.411 e. The molecule has 0 aliphatic carbocycles. The first-order chi connectivity index (χ1) is 12.8. The van der Waals surface area contributed by atoms with Crippen LogP contribution in [0, 0.1) is 0 Å². The van der Waals surface area contributed by atoms with Gasteiger partial charge in [-0.25, -0.2) is 0 Å². The lowest BCUT2D eigenvalue weighted by Crippen LogP contribution is -2.24. The zero-order valence-electron chi connectivity index (χ0n) is 14.6. The number of benzene rings is 3. The van der Waals surface area contributed by atoms with Gasteiger partial charge < -0.3 is 5.21 Å². The van der Waals surface area contributed by atoms with Crippen LogP contribution >= 0.6 is 11.8 Å². The SMILES string of the molecule is CC(/C=C/SC(c1ccccc1)(c1ccccc1)c1ccccc1)=N\O. The van der Waals surface area contributed by atoms with Crippen LogP contribution in [0.5, 0.6) is 0 Å². The van der Waals surface area contributed by atoms with Gasteiger partial charge in [-0.1, -0.05) is 96.2 Å².